The van der Waals surface area contributed by atoms with E-state index in [-0.39, 0.29) is 11.2 Å². The predicted molar refractivity (Wildman–Crippen MR) is 70.6 cm³/mol. The van der Waals surface area contributed by atoms with Gasteiger partial charge in [-0.25, -0.2) is 4.39 Å². The van der Waals surface area contributed by atoms with Crippen LogP contribution in [0.1, 0.15) is 25.8 Å². The largest absolute Gasteiger partial charge is 0.330 e. The van der Waals surface area contributed by atoms with Gasteiger partial charge in [-0.05, 0) is 36.6 Å². The molecule has 3 N–H and O–H groups in total. The van der Waals surface area contributed by atoms with Gasteiger partial charge >= 0.3 is 0 Å². The van der Waals surface area contributed by atoms with E-state index in [4.69, 9.17) is 17.3 Å². The zero-order valence-electron chi connectivity index (χ0n) is 10.4. The number of nitrogens with one attached hydrogen (secondary N) is 1. The molecule has 1 aromatic carbocycles. The second-order valence-electron chi connectivity index (χ2n) is 5.04. The Morgan fingerprint density at radius 3 is 2.76 bits per heavy atom. The quantitative estimate of drug-likeness (QED) is 0.823. The Hall–Kier alpha value is -0.640. The van der Waals surface area contributed by atoms with Gasteiger partial charge in [0, 0.05) is 23.7 Å². The van der Waals surface area contributed by atoms with Crippen LogP contribution in [0.3, 0.4) is 0 Å². The Bertz CT molecular complexity index is 366. The van der Waals surface area contributed by atoms with Gasteiger partial charge < -0.3 is 11.1 Å². The molecule has 96 valence electrons. The van der Waals surface area contributed by atoms with Crippen molar-refractivity contribution in [1.29, 1.82) is 0 Å². The van der Waals surface area contributed by atoms with Gasteiger partial charge in [0.2, 0.25) is 0 Å². The topological polar surface area (TPSA) is 38.0 Å². The maximum Gasteiger partial charge on any atom is 0.127 e. The maximum atomic E-state index is 13.4. The first-order chi connectivity index (χ1) is 7.94. The minimum atomic E-state index is -0.224. The second kappa shape index (κ2) is 6.34. The van der Waals surface area contributed by atoms with Gasteiger partial charge in [-0.1, -0.05) is 25.4 Å². The highest BCUT2D eigenvalue weighted by Gasteiger charge is 2.16. The number of rotatable bonds is 6. The van der Waals surface area contributed by atoms with Crippen molar-refractivity contribution in [2.24, 2.45) is 11.1 Å². The number of nitrogens with two attached hydrogens (primary N) is 1. The molecule has 0 spiro atoms. The predicted octanol–water partition coefficient (Wildman–Crippen LogP) is 2.94. The minimum absolute atomic E-state index is 0.129. The molecule has 0 saturated carbocycles. The number of benzene rings is 1. The molecule has 2 nitrogen and oxygen atoms in total. The van der Waals surface area contributed by atoms with Gasteiger partial charge in [0.25, 0.3) is 0 Å². The van der Waals surface area contributed by atoms with Crippen LogP contribution in [0, 0.1) is 11.2 Å². The summed E-state index contributed by atoms with van der Waals surface area (Å²) in [5.74, 6) is -0.224. The van der Waals surface area contributed by atoms with E-state index >= 15 is 0 Å². The van der Waals surface area contributed by atoms with Gasteiger partial charge in [-0.3, -0.25) is 0 Å². The average Bonchev–Trinajstić information content (AvgIpc) is 2.23. The number of hydrogen-bond donors (Lipinski definition) is 2. The highest BCUT2D eigenvalue weighted by atomic mass is 35.5. The lowest BCUT2D eigenvalue weighted by Crippen LogP contribution is -2.31. The monoisotopic (exact) mass is 258 g/mol. The molecule has 0 aliphatic carbocycles. The molecule has 0 fully saturated rings. The molecule has 0 unspecified atom stereocenters. The molecule has 0 aliphatic rings. The van der Waals surface area contributed by atoms with Crippen LogP contribution >= 0.6 is 11.6 Å². The van der Waals surface area contributed by atoms with Gasteiger partial charge in [-0.15, -0.1) is 0 Å². The Morgan fingerprint density at radius 1 is 1.41 bits per heavy atom. The summed E-state index contributed by atoms with van der Waals surface area (Å²) in [5.41, 5.74) is 6.26. The standard InChI is InChI=1S/C13H20ClFN2/c1-13(2,5-6-16)9-17-8-10-7-11(14)3-4-12(10)15/h3-4,7,17H,5-6,8-9,16H2,1-2H3. The summed E-state index contributed by atoms with van der Waals surface area (Å²) in [6, 6.07) is 4.60. The highest BCUT2D eigenvalue weighted by molar-refractivity contribution is 6.30. The summed E-state index contributed by atoms with van der Waals surface area (Å²) in [5, 5.41) is 3.80. The second-order valence-corrected chi connectivity index (χ2v) is 5.48. The summed E-state index contributed by atoms with van der Waals surface area (Å²) in [6.07, 6.45) is 0.942. The first-order valence-corrected chi connectivity index (χ1v) is 6.17. The van der Waals surface area contributed by atoms with Crippen molar-refractivity contribution in [2.75, 3.05) is 13.1 Å². The molecule has 0 bridgehead atoms. The molecular weight excluding hydrogens is 239 g/mol. The van der Waals surface area contributed by atoms with Crippen molar-refractivity contribution in [3.05, 3.63) is 34.6 Å². The van der Waals surface area contributed by atoms with Crippen molar-refractivity contribution >= 4 is 11.6 Å². The average molecular weight is 259 g/mol. The summed E-state index contributed by atoms with van der Waals surface area (Å²) in [4.78, 5) is 0. The smallest absolute Gasteiger partial charge is 0.127 e. The number of hydrogen-bond acceptors (Lipinski definition) is 2. The van der Waals surface area contributed by atoms with E-state index in [1.807, 2.05) is 0 Å². The lowest BCUT2D eigenvalue weighted by Gasteiger charge is -2.24. The van der Waals surface area contributed by atoms with E-state index in [2.05, 4.69) is 19.2 Å². The lowest BCUT2D eigenvalue weighted by molar-refractivity contribution is 0.318. The fourth-order valence-electron chi connectivity index (χ4n) is 1.69. The van der Waals surface area contributed by atoms with Crippen molar-refractivity contribution in [2.45, 2.75) is 26.8 Å². The van der Waals surface area contributed by atoms with Crippen LogP contribution in [0.5, 0.6) is 0 Å². The zero-order chi connectivity index (χ0) is 12.9. The SMILES string of the molecule is CC(C)(CCN)CNCc1cc(Cl)ccc1F. The molecule has 0 radical (unpaired) electrons. The maximum absolute atomic E-state index is 13.4. The third-order valence-corrected chi connectivity index (χ3v) is 2.98. The summed E-state index contributed by atoms with van der Waals surface area (Å²) in [7, 11) is 0. The van der Waals surface area contributed by atoms with Crippen LogP contribution in [-0.2, 0) is 6.54 Å². The molecule has 0 heterocycles. The van der Waals surface area contributed by atoms with Crippen LogP contribution in [0.4, 0.5) is 4.39 Å². The molecule has 0 saturated heterocycles. The van der Waals surface area contributed by atoms with Crippen LogP contribution < -0.4 is 11.1 Å². The third-order valence-electron chi connectivity index (χ3n) is 2.75. The van der Waals surface area contributed by atoms with E-state index in [1.54, 1.807) is 12.1 Å². The number of halogens is 2. The fourth-order valence-corrected chi connectivity index (χ4v) is 1.89. The molecule has 1 aromatic rings. The molecular formula is C13H20ClFN2. The minimum Gasteiger partial charge on any atom is -0.330 e. The van der Waals surface area contributed by atoms with Gasteiger partial charge in [-0.2, -0.15) is 0 Å². The van der Waals surface area contributed by atoms with Gasteiger partial charge in [0.05, 0.1) is 0 Å². The Kier molecular flexibility index (Phi) is 5.37. The van der Waals surface area contributed by atoms with Crippen molar-refractivity contribution in [1.82, 2.24) is 5.32 Å². The molecule has 1 rings (SSSR count). The van der Waals surface area contributed by atoms with Crippen molar-refractivity contribution in [3.8, 4) is 0 Å². The summed E-state index contributed by atoms with van der Waals surface area (Å²) < 4.78 is 13.4. The Labute approximate surface area is 107 Å². The Balaban J connectivity index is 2.48. The molecule has 4 heteroatoms. The van der Waals surface area contributed by atoms with E-state index in [0.717, 1.165) is 13.0 Å². The van der Waals surface area contributed by atoms with E-state index in [1.165, 1.54) is 6.07 Å². The van der Waals surface area contributed by atoms with E-state index in [0.29, 0.717) is 23.7 Å². The van der Waals surface area contributed by atoms with Crippen LogP contribution in [0.25, 0.3) is 0 Å². The fraction of sp³-hybridized carbons (Fsp3) is 0.538. The first kappa shape index (κ1) is 14.4. The summed E-state index contributed by atoms with van der Waals surface area (Å²) in [6.45, 7) is 6.24. The molecule has 0 aliphatic heterocycles. The highest BCUT2D eigenvalue weighted by Crippen LogP contribution is 2.19. The van der Waals surface area contributed by atoms with E-state index in [9.17, 15) is 4.39 Å². The normalized spacial score (nSPS) is 11.8. The molecule has 0 amide bonds. The van der Waals surface area contributed by atoms with Gasteiger partial charge in [0.15, 0.2) is 0 Å². The zero-order valence-corrected chi connectivity index (χ0v) is 11.1. The van der Waals surface area contributed by atoms with Crippen molar-refractivity contribution < 1.29 is 4.39 Å². The van der Waals surface area contributed by atoms with Crippen LogP contribution in [-0.4, -0.2) is 13.1 Å². The van der Waals surface area contributed by atoms with Crippen molar-refractivity contribution in [3.63, 3.8) is 0 Å². The molecule has 17 heavy (non-hydrogen) atoms. The van der Waals surface area contributed by atoms with E-state index < -0.39 is 0 Å². The first-order valence-electron chi connectivity index (χ1n) is 5.79. The Morgan fingerprint density at radius 2 is 2.12 bits per heavy atom. The van der Waals surface area contributed by atoms with Gasteiger partial charge in [0.1, 0.15) is 5.82 Å². The molecule has 0 atom stereocenters. The summed E-state index contributed by atoms with van der Waals surface area (Å²) >= 11 is 5.82. The molecule has 0 aromatic heterocycles. The van der Waals surface area contributed by atoms with Crippen LogP contribution in [0.2, 0.25) is 5.02 Å². The lowest BCUT2D eigenvalue weighted by atomic mass is 9.89. The van der Waals surface area contributed by atoms with Crippen LogP contribution in [0.15, 0.2) is 18.2 Å². The third kappa shape index (κ3) is 5.02.